The molecule has 2 atom stereocenters. The van der Waals surface area contributed by atoms with E-state index in [2.05, 4.69) is 24.8 Å². The van der Waals surface area contributed by atoms with Gasteiger partial charge in [0.25, 0.3) is 11.5 Å². The van der Waals surface area contributed by atoms with Gasteiger partial charge in [0.05, 0.1) is 17.1 Å². The first-order valence-corrected chi connectivity index (χ1v) is 12.6. The molecule has 0 N–H and O–H groups in total. The molecule has 1 amide bonds. The van der Waals surface area contributed by atoms with E-state index < -0.39 is 0 Å². The van der Waals surface area contributed by atoms with Gasteiger partial charge in [-0.3, -0.25) is 19.1 Å². The molecular weight excluding hydrogens is 456 g/mol. The van der Waals surface area contributed by atoms with Crippen molar-refractivity contribution in [2.45, 2.75) is 66.7 Å². The van der Waals surface area contributed by atoms with Gasteiger partial charge in [0.2, 0.25) is 0 Å². The van der Waals surface area contributed by atoms with Gasteiger partial charge in [0, 0.05) is 31.7 Å². The van der Waals surface area contributed by atoms with Crippen LogP contribution in [-0.2, 0) is 16.1 Å². The summed E-state index contributed by atoms with van der Waals surface area (Å²) in [5.41, 5.74) is 1.11. The second-order valence-corrected chi connectivity index (χ2v) is 10.8. The van der Waals surface area contributed by atoms with Crippen molar-refractivity contribution in [3.8, 4) is 6.07 Å². The van der Waals surface area contributed by atoms with Crippen LogP contribution in [0, 0.1) is 24.2 Å². The molecule has 3 heterocycles. The molecule has 7 nitrogen and oxygen atoms in total. The lowest BCUT2D eigenvalue weighted by atomic mass is 10.0. The van der Waals surface area contributed by atoms with E-state index >= 15 is 0 Å². The zero-order valence-corrected chi connectivity index (χ0v) is 21.8. The first-order chi connectivity index (χ1) is 15.6. The first-order valence-electron chi connectivity index (χ1n) is 11.4. The maximum Gasteiger partial charge on any atom is 0.270 e. The molecule has 0 aromatic carbocycles. The van der Waals surface area contributed by atoms with Crippen LogP contribution in [0.4, 0.5) is 5.82 Å². The molecule has 0 spiro atoms. The first kappa shape index (κ1) is 25.5. The summed E-state index contributed by atoms with van der Waals surface area (Å²) < 4.78 is 8.09. The van der Waals surface area contributed by atoms with E-state index in [4.69, 9.17) is 17.0 Å². The Balaban J connectivity index is 2.17. The van der Waals surface area contributed by atoms with Gasteiger partial charge in [-0.05, 0) is 51.7 Å². The number of hydrogen-bond acceptors (Lipinski definition) is 7. The highest BCUT2D eigenvalue weighted by molar-refractivity contribution is 8.26. The van der Waals surface area contributed by atoms with Crippen molar-refractivity contribution < 1.29 is 9.53 Å². The van der Waals surface area contributed by atoms with Gasteiger partial charge in [-0.15, -0.1) is 0 Å². The second kappa shape index (κ2) is 10.4. The van der Waals surface area contributed by atoms with Crippen molar-refractivity contribution in [3.63, 3.8) is 0 Å². The summed E-state index contributed by atoms with van der Waals surface area (Å²) in [6.45, 7) is 14.2. The van der Waals surface area contributed by atoms with Gasteiger partial charge >= 0.3 is 0 Å². The molecule has 0 saturated carbocycles. The fourth-order valence-corrected chi connectivity index (χ4v) is 5.63. The number of aromatic nitrogens is 1. The maximum atomic E-state index is 13.2. The Morgan fingerprint density at radius 3 is 2.45 bits per heavy atom. The fraction of sp³-hybridized carbons (Fsp3) is 0.583. The molecule has 0 aliphatic carbocycles. The zero-order valence-electron chi connectivity index (χ0n) is 20.2. The molecule has 178 valence electrons. The molecule has 1 aromatic heterocycles. The predicted molar refractivity (Wildman–Crippen MR) is 137 cm³/mol. The predicted octanol–water partition coefficient (Wildman–Crippen LogP) is 3.91. The molecule has 2 fully saturated rings. The highest BCUT2D eigenvalue weighted by Crippen LogP contribution is 2.36. The molecule has 3 rings (SSSR count). The molecule has 1 aromatic rings. The van der Waals surface area contributed by atoms with Crippen LogP contribution in [0.15, 0.2) is 9.70 Å². The second-order valence-electron chi connectivity index (χ2n) is 9.08. The molecule has 2 unspecified atom stereocenters. The molecule has 2 aliphatic heterocycles. The highest BCUT2D eigenvalue weighted by Gasteiger charge is 2.34. The number of carbonyl (C=O) groups is 1. The molecule has 9 heteroatoms. The molecule has 2 saturated heterocycles. The molecular formula is C24H32N4O3S2. The lowest BCUT2D eigenvalue weighted by Crippen LogP contribution is -2.48. The summed E-state index contributed by atoms with van der Waals surface area (Å²) in [7, 11) is 0. The van der Waals surface area contributed by atoms with E-state index in [0.717, 1.165) is 17.8 Å². The van der Waals surface area contributed by atoms with E-state index in [1.54, 1.807) is 16.4 Å². The van der Waals surface area contributed by atoms with E-state index in [1.807, 2.05) is 26.8 Å². The van der Waals surface area contributed by atoms with Crippen LogP contribution in [0.1, 0.15) is 57.7 Å². The molecule has 0 bridgehead atoms. The van der Waals surface area contributed by atoms with E-state index in [-0.39, 0.29) is 29.2 Å². The number of morpholine rings is 1. The van der Waals surface area contributed by atoms with Crippen LogP contribution in [0.3, 0.4) is 0 Å². The Kier molecular flexibility index (Phi) is 8.04. The monoisotopic (exact) mass is 488 g/mol. The minimum Gasteiger partial charge on any atom is -0.372 e. The number of anilines is 1. The summed E-state index contributed by atoms with van der Waals surface area (Å²) in [5.74, 6) is 1.07. The number of ether oxygens (including phenoxy) is 1. The third-order valence-corrected chi connectivity index (χ3v) is 7.34. The van der Waals surface area contributed by atoms with Crippen LogP contribution in [-0.4, -0.2) is 51.5 Å². The number of nitriles is 1. The Morgan fingerprint density at radius 2 is 1.91 bits per heavy atom. The van der Waals surface area contributed by atoms with Crippen molar-refractivity contribution >= 4 is 46.1 Å². The number of amides is 1. The topological polar surface area (TPSA) is 78.6 Å². The quantitative estimate of drug-likeness (QED) is 0.444. The molecule has 2 aliphatic rings. The van der Waals surface area contributed by atoms with Gasteiger partial charge < -0.3 is 9.64 Å². The summed E-state index contributed by atoms with van der Waals surface area (Å²) >= 11 is 6.78. The van der Waals surface area contributed by atoms with Crippen LogP contribution >= 0.6 is 24.0 Å². The Morgan fingerprint density at radius 1 is 1.27 bits per heavy atom. The number of rotatable bonds is 6. The highest BCUT2D eigenvalue weighted by atomic mass is 32.2. The van der Waals surface area contributed by atoms with Crippen LogP contribution < -0.4 is 10.5 Å². The number of thioether (sulfide) groups is 1. The number of thiocarbonyl (C=S) groups is 1. The van der Waals surface area contributed by atoms with Crippen molar-refractivity contribution in [2.75, 3.05) is 24.5 Å². The van der Waals surface area contributed by atoms with Gasteiger partial charge in [-0.1, -0.05) is 37.8 Å². The summed E-state index contributed by atoms with van der Waals surface area (Å²) in [6, 6.07) is 2.08. The van der Waals surface area contributed by atoms with Crippen molar-refractivity contribution in [1.29, 1.82) is 5.26 Å². The Hall–Kier alpha value is -2.15. The average Bonchev–Trinajstić information content (AvgIpc) is 3.00. The minimum absolute atomic E-state index is 0.00722. The lowest BCUT2D eigenvalue weighted by Gasteiger charge is -2.39. The number of hydrogen-bond donors (Lipinski definition) is 0. The minimum atomic E-state index is -0.305. The van der Waals surface area contributed by atoms with E-state index in [0.29, 0.717) is 46.9 Å². The SMILES string of the molecule is CCn1c(N2CC(C)OC(C)C2)c(C=C2SC(=S)N(CCC(C)C)C2=O)c(C)c(C#N)c1=O. The van der Waals surface area contributed by atoms with Crippen LogP contribution in [0.25, 0.3) is 6.08 Å². The third kappa shape index (κ3) is 5.18. The molecule has 33 heavy (non-hydrogen) atoms. The van der Waals surface area contributed by atoms with Crippen molar-refractivity contribution in [3.05, 3.63) is 31.9 Å². The average molecular weight is 489 g/mol. The van der Waals surface area contributed by atoms with E-state index in [1.165, 1.54) is 11.8 Å². The summed E-state index contributed by atoms with van der Waals surface area (Å²) in [6.07, 6.45) is 2.67. The smallest absolute Gasteiger partial charge is 0.270 e. The summed E-state index contributed by atoms with van der Waals surface area (Å²) in [5, 5.41) is 9.73. The van der Waals surface area contributed by atoms with Gasteiger partial charge in [-0.25, -0.2) is 0 Å². The number of pyridine rings is 1. The zero-order chi connectivity index (χ0) is 24.4. The lowest BCUT2D eigenvalue weighted by molar-refractivity contribution is -0.122. The fourth-order valence-electron chi connectivity index (χ4n) is 4.34. The van der Waals surface area contributed by atoms with Crippen molar-refractivity contribution in [1.82, 2.24) is 9.47 Å². The summed E-state index contributed by atoms with van der Waals surface area (Å²) in [4.78, 5) is 30.7. The number of carbonyl (C=O) groups excluding carboxylic acids is 1. The third-order valence-electron chi connectivity index (χ3n) is 5.96. The standard InChI is InChI=1S/C24H32N4O3S2/c1-7-27-21(26-12-15(4)31-16(5)13-26)18(17(6)19(11-25)22(27)29)10-20-23(30)28(24(32)33-20)9-8-14(2)3/h10,14-16H,7-9,12-13H2,1-6H3. The van der Waals surface area contributed by atoms with Crippen molar-refractivity contribution in [2.24, 2.45) is 5.92 Å². The van der Waals surface area contributed by atoms with Gasteiger partial charge in [-0.2, -0.15) is 5.26 Å². The van der Waals surface area contributed by atoms with Gasteiger partial charge in [0.15, 0.2) is 0 Å². The van der Waals surface area contributed by atoms with E-state index in [9.17, 15) is 14.9 Å². The number of nitrogens with zero attached hydrogens (tertiary/aromatic N) is 4. The van der Waals surface area contributed by atoms with Crippen LogP contribution in [0.2, 0.25) is 0 Å². The maximum absolute atomic E-state index is 13.2. The largest absolute Gasteiger partial charge is 0.372 e. The molecule has 0 radical (unpaired) electrons. The van der Waals surface area contributed by atoms with Crippen LogP contribution in [0.5, 0.6) is 0 Å². The Bertz CT molecular complexity index is 1080. The Labute approximate surface area is 205 Å². The van der Waals surface area contributed by atoms with Gasteiger partial charge in [0.1, 0.15) is 21.8 Å². The normalized spacial score (nSPS) is 22.5.